The Hall–Kier alpha value is -2.18. The Morgan fingerprint density at radius 2 is 2.05 bits per heavy atom. The summed E-state index contributed by atoms with van der Waals surface area (Å²) in [6.45, 7) is 4.13. The number of aryl methyl sites for hydroxylation is 1. The van der Waals surface area contributed by atoms with E-state index in [9.17, 15) is 9.59 Å². The van der Waals surface area contributed by atoms with Gasteiger partial charge in [-0.2, -0.15) is 0 Å². The second kappa shape index (κ2) is 5.90. The standard InChI is InChI=1S/C15H21N5O2/c1-10-6-13(18-9-17-10)19-4-2-12(3-5-19)20-8-11(15(16)22)7-14(20)21/h6,9,11-12H,2-5,7-8H2,1H3,(H2,16,22). The van der Waals surface area contributed by atoms with Crippen molar-refractivity contribution in [1.82, 2.24) is 14.9 Å². The van der Waals surface area contributed by atoms with Gasteiger partial charge in [0.25, 0.3) is 0 Å². The van der Waals surface area contributed by atoms with Crippen LogP contribution in [-0.4, -0.2) is 52.4 Å². The molecule has 2 N–H and O–H groups in total. The fourth-order valence-electron chi connectivity index (χ4n) is 3.30. The van der Waals surface area contributed by atoms with Gasteiger partial charge in [0.2, 0.25) is 11.8 Å². The molecule has 1 atom stereocenters. The average Bonchev–Trinajstić information content (AvgIpc) is 2.90. The number of nitrogens with zero attached hydrogens (tertiary/aromatic N) is 4. The van der Waals surface area contributed by atoms with Gasteiger partial charge in [-0.05, 0) is 19.8 Å². The normalized spacial score (nSPS) is 23.1. The van der Waals surface area contributed by atoms with Crippen LogP contribution in [0.5, 0.6) is 0 Å². The average molecular weight is 303 g/mol. The topological polar surface area (TPSA) is 92.4 Å². The molecule has 7 nitrogen and oxygen atoms in total. The van der Waals surface area contributed by atoms with Gasteiger partial charge >= 0.3 is 0 Å². The molecule has 2 saturated heterocycles. The van der Waals surface area contributed by atoms with E-state index in [1.54, 1.807) is 6.33 Å². The molecule has 2 aliphatic rings. The number of primary amides is 1. The van der Waals surface area contributed by atoms with Crippen LogP contribution < -0.4 is 10.6 Å². The molecule has 2 fully saturated rings. The first-order valence-electron chi connectivity index (χ1n) is 7.67. The highest BCUT2D eigenvalue weighted by Gasteiger charge is 2.38. The third kappa shape index (κ3) is 2.88. The third-order valence-corrected chi connectivity index (χ3v) is 4.58. The molecular weight excluding hydrogens is 282 g/mol. The summed E-state index contributed by atoms with van der Waals surface area (Å²) in [5.74, 6) is 0.300. The largest absolute Gasteiger partial charge is 0.369 e. The fourth-order valence-corrected chi connectivity index (χ4v) is 3.30. The van der Waals surface area contributed by atoms with E-state index in [-0.39, 0.29) is 30.2 Å². The Labute approximate surface area is 129 Å². The van der Waals surface area contributed by atoms with Crippen molar-refractivity contribution in [2.24, 2.45) is 11.7 Å². The van der Waals surface area contributed by atoms with Gasteiger partial charge in [0, 0.05) is 43.9 Å². The van der Waals surface area contributed by atoms with E-state index in [4.69, 9.17) is 5.73 Å². The van der Waals surface area contributed by atoms with E-state index < -0.39 is 0 Å². The molecule has 3 rings (SSSR count). The summed E-state index contributed by atoms with van der Waals surface area (Å²) in [5, 5.41) is 0. The van der Waals surface area contributed by atoms with Gasteiger partial charge in [-0.25, -0.2) is 9.97 Å². The molecule has 22 heavy (non-hydrogen) atoms. The molecule has 0 spiro atoms. The lowest BCUT2D eigenvalue weighted by Crippen LogP contribution is -2.46. The number of hydrogen-bond acceptors (Lipinski definition) is 5. The Balaban J connectivity index is 1.60. The number of carbonyl (C=O) groups excluding carboxylic acids is 2. The van der Waals surface area contributed by atoms with Crippen LogP contribution in [0.15, 0.2) is 12.4 Å². The van der Waals surface area contributed by atoms with Gasteiger partial charge in [-0.1, -0.05) is 0 Å². The summed E-state index contributed by atoms with van der Waals surface area (Å²) in [6.07, 6.45) is 3.62. The van der Waals surface area contributed by atoms with E-state index in [2.05, 4.69) is 14.9 Å². The van der Waals surface area contributed by atoms with Gasteiger partial charge in [0.15, 0.2) is 0 Å². The predicted octanol–water partition coefficient (Wildman–Crippen LogP) is 0.0876. The quantitative estimate of drug-likeness (QED) is 0.854. The Kier molecular flexibility index (Phi) is 3.96. The molecule has 0 bridgehead atoms. The predicted molar refractivity (Wildman–Crippen MR) is 81.0 cm³/mol. The van der Waals surface area contributed by atoms with Crippen LogP contribution >= 0.6 is 0 Å². The Morgan fingerprint density at radius 1 is 1.32 bits per heavy atom. The van der Waals surface area contributed by atoms with Crippen molar-refractivity contribution in [3.63, 3.8) is 0 Å². The van der Waals surface area contributed by atoms with Gasteiger partial charge in [-0.15, -0.1) is 0 Å². The van der Waals surface area contributed by atoms with Gasteiger partial charge in [-0.3, -0.25) is 9.59 Å². The van der Waals surface area contributed by atoms with E-state index in [0.717, 1.165) is 37.4 Å². The molecule has 0 saturated carbocycles. The Morgan fingerprint density at radius 3 is 2.64 bits per heavy atom. The first-order valence-corrected chi connectivity index (χ1v) is 7.67. The second-order valence-corrected chi connectivity index (χ2v) is 6.09. The smallest absolute Gasteiger partial charge is 0.223 e. The Bertz CT molecular complexity index is 583. The van der Waals surface area contributed by atoms with Crippen LogP contribution in [0, 0.1) is 12.8 Å². The van der Waals surface area contributed by atoms with Crippen LogP contribution in [0.25, 0.3) is 0 Å². The van der Waals surface area contributed by atoms with Crippen molar-refractivity contribution >= 4 is 17.6 Å². The first kappa shape index (κ1) is 14.7. The van der Waals surface area contributed by atoms with Crippen LogP contribution in [0.4, 0.5) is 5.82 Å². The van der Waals surface area contributed by atoms with Crippen LogP contribution in [0.1, 0.15) is 25.0 Å². The van der Waals surface area contributed by atoms with Gasteiger partial charge < -0.3 is 15.5 Å². The zero-order valence-corrected chi connectivity index (χ0v) is 12.7. The van der Waals surface area contributed by atoms with E-state index in [1.807, 2.05) is 17.9 Å². The SMILES string of the molecule is Cc1cc(N2CCC(N3CC(C(N)=O)CC3=O)CC2)ncn1. The highest BCUT2D eigenvalue weighted by atomic mass is 16.2. The molecular formula is C15H21N5O2. The van der Waals surface area contributed by atoms with Crippen LogP contribution in [0.3, 0.4) is 0 Å². The number of likely N-dealkylation sites (tertiary alicyclic amines) is 1. The number of hydrogen-bond donors (Lipinski definition) is 1. The highest BCUT2D eigenvalue weighted by Crippen LogP contribution is 2.26. The minimum Gasteiger partial charge on any atom is -0.369 e. The fraction of sp³-hybridized carbons (Fsp3) is 0.600. The maximum atomic E-state index is 12.1. The number of aromatic nitrogens is 2. The maximum absolute atomic E-state index is 12.1. The lowest BCUT2D eigenvalue weighted by Gasteiger charge is -2.37. The molecule has 7 heteroatoms. The summed E-state index contributed by atoms with van der Waals surface area (Å²) >= 11 is 0. The van der Waals surface area contributed by atoms with Crippen molar-refractivity contribution in [3.05, 3.63) is 18.1 Å². The van der Waals surface area contributed by atoms with Crippen molar-refractivity contribution in [2.75, 3.05) is 24.5 Å². The second-order valence-electron chi connectivity index (χ2n) is 6.09. The highest BCUT2D eigenvalue weighted by molar-refractivity contribution is 5.88. The molecule has 2 amide bonds. The number of carbonyl (C=O) groups is 2. The molecule has 118 valence electrons. The first-order chi connectivity index (χ1) is 10.5. The number of piperidine rings is 1. The number of nitrogens with two attached hydrogens (primary N) is 1. The summed E-state index contributed by atoms with van der Waals surface area (Å²) in [7, 11) is 0. The minimum absolute atomic E-state index is 0.0557. The van der Waals surface area contributed by atoms with Crippen molar-refractivity contribution in [3.8, 4) is 0 Å². The third-order valence-electron chi connectivity index (χ3n) is 4.58. The zero-order chi connectivity index (χ0) is 15.7. The number of amides is 2. The molecule has 1 aromatic heterocycles. The van der Waals surface area contributed by atoms with Crippen molar-refractivity contribution in [1.29, 1.82) is 0 Å². The van der Waals surface area contributed by atoms with Crippen LogP contribution in [-0.2, 0) is 9.59 Å². The molecule has 1 aromatic rings. The molecule has 2 aliphatic heterocycles. The van der Waals surface area contributed by atoms with E-state index in [1.165, 1.54) is 0 Å². The molecule has 3 heterocycles. The minimum atomic E-state index is -0.371. The summed E-state index contributed by atoms with van der Waals surface area (Å²) in [6, 6.07) is 2.18. The molecule has 0 radical (unpaired) electrons. The molecule has 0 aliphatic carbocycles. The van der Waals surface area contributed by atoms with E-state index in [0.29, 0.717) is 6.54 Å². The van der Waals surface area contributed by atoms with Crippen LogP contribution in [0.2, 0.25) is 0 Å². The maximum Gasteiger partial charge on any atom is 0.223 e. The van der Waals surface area contributed by atoms with Crippen molar-refractivity contribution in [2.45, 2.75) is 32.2 Å². The molecule has 0 aromatic carbocycles. The zero-order valence-electron chi connectivity index (χ0n) is 12.7. The van der Waals surface area contributed by atoms with Gasteiger partial charge in [0.05, 0.1) is 5.92 Å². The lowest BCUT2D eigenvalue weighted by molar-refractivity contribution is -0.130. The van der Waals surface area contributed by atoms with Gasteiger partial charge in [0.1, 0.15) is 12.1 Å². The molecule has 1 unspecified atom stereocenters. The van der Waals surface area contributed by atoms with Crippen molar-refractivity contribution < 1.29 is 9.59 Å². The van der Waals surface area contributed by atoms with E-state index >= 15 is 0 Å². The number of rotatable bonds is 3. The number of anilines is 1. The summed E-state index contributed by atoms with van der Waals surface area (Å²) in [5.41, 5.74) is 6.27. The summed E-state index contributed by atoms with van der Waals surface area (Å²) < 4.78 is 0. The lowest BCUT2D eigenvalue weighted by atomic mass is 10.0. The summed E-state index contributed by atoms with van der Waals surface area (Å²) in [4.78, 5) is 35.8. The monoisotopic (exact) mass is 303 g/mol.